The molecule has 3 heteroatoms. The summed E-state index contributed by atoms with van der Waals surface area (Å²) in [6.07, 6.45) is 2.78. The van der Waals surface area contributed by atoms with Crippen molar-refractivity contribution in [2.75, 3.05) is 20.1 Å². The molecule has 0 aliphatic heterocycles. The molecule has 1 aromatic heterocycles. The first-order valence-electron chi connectivity index (χ1n) is 7.37. The van der Waals surface area contributed by atoms with E-state index in [0.717, 1.165) is 25.7 Å². The summed E-state index contributed by atoms with van der Waals surface area (Å²) in [5.41, 5.74) is 2.64. The third kappa shape index (κ3) is 3.69. The third-order valence-corrected chi connectivity index (χ3v) is 4.81. The normalized spacial score (nSPS) is 14.9. The Morgan fingerprint density at radius 3 is 2.75 bits per heavy atom. The standard InChI is InChI=1S/C17H22N2S/c1-19(16-7-8-16)10-9-18-12-17-11-15(13-20-17)14-5-3-2-4-6-14/h2-6,11,13,16,18H,7-10,12H2,1H3. The van der Waals surface area contributed by atoms with Gasteiger partial charge in [-0.1, -0.05) is 30.3 Å². The fraction of sp³-hybridized carbons (Fsp3) is 0.412. The lowest BCUT2D eigenvalue weighted by molar-refractivity contribution is 0.322. The van der Waals surface area contributed by atoms with Crippen molar-refractivity contribution in [2.45, 2.75) is 25.4 Å². The van der Waals surface area contributed by atoms with Crippen molar-refractivity contribution < 1.29 is 0 Å². The maximum absolute atomic E-state index is 3.55. The molecule has 1 aliphatic rings. The van der Waals surface area contributed by atoms with Gasteiger partial charge >= 0.3 is 0 Å². The number of hydrogen-bond acceptors (Lipinski definition) is 3. The molecule has 1 N–H and O–H groups in total. The molecule has 0 amide bonds. The molecule has 1 aliphatic carbocycles. The third-order valence-electron chi connectivity index (χ3n) is 3.87. The molecule has 1 fully saturated rings. The predicted molar refractivity (Wildman–Crippen MR) is 87.1 cm³/mol. The molecule has 2 aromatic rings. The van der Waals surface area contributed by atoms with Gasteiger partial charge < -0.3 is 10.2 Å². The van der Waals surface area contributed by atoms with Crippen LogP contribution in [0.4, 0.5) is 0 Å². The average Bonchev–Trinajstić information content (AvgIpc) is 3.23. The van der Waals surface area contributed by atoms with Gasteiger partial charge in [-0.25, -0.2) is 0 Å². The second-order valence-electron chi connectivity index (χ2n) is 5.56. The van der Waals surface area contributed by atoms with Crippen LogP contribution in [0, 0.1) is 0 Å². The number of benzene rings is 1. The highest BCUT2D eigenvalue weighted by Crippen LogP contribution is 2.26. The van der Waals surface area contributed by atoms with Gasteiger partial charge in [-0.3, -0.25) is 0 Å². The number of nitrogens with one attached hydrogen (secondary N) is 1. The van der Waals surface area contributed by atoms with Gasteiger partial charge in [0.25, 0.3) is 0 Å². The quantitative estimate of drug-likeness (QED) is 0.782. The summed E-state index contributed by atoms with van der Waals surface area (Å²) in [6, 6.07) is 13.8. The van der Waals surface area contributed by atoms with E-state index in [0.29, 0.717) is 0 Å². The Morgan fingerprint density at radius 1 is 1.20 bits per heavy atom. The van der Waals surface area contributed by atoms with Gasteiger partial charge in [-0.05, 0) is 42.5 Å². The lowest BCUT2D eigenvalue weighted by atomic mass is 10.1. The number of nitrogens with zero attached hydrogens (tertiary/aromatic N) is 1. The lowest BCUT2D eigenvalue weighted by Crippen LogP contribution is -2.30. The van der Waals surface area contributed by atoms with Gasteiger partial charge in [0.2, 0.25) is 0 Å². The van der Waals surface area contributed by atoms with Crippen LogP contribution in [0.2, 0.25) is 0 Å². The fourth-order valence-electron chi connectivity index (χ4n) is 2.42. The number of hydrogen-bond donors (Lipinski definition) is 1. The number of thiophene rings is 1. The summed E-state index contributed by atoms with van der Waals surface area (Å²) in [6.45, 7) is 3.21. The molecule has 0 spiro atoms. The zero-order valence-corrected chi connectivity index (χ0v) is 12.8. The van der Waals surface area contributed by atoms with Gasteiger partial charge in [0.05, 0.1) is 0 Å². The first-order valence-corrected chi connectivity index (χ1v) is 8.24. The van der Waals surface area contributed by atoms with Crippen LogP contribution in [0.25, 0.3) is 11.1 Å². The molecular weight excluding hydrogens is 264 g/mol. The largest absolute Gasteiger partial charge is 0.311 e. The van der Waals surface area contributed by atoms with E-state index in [1.165, 1.54) is 28.8 Å². The first-order chi connectivity index (χ1) is 9.83. The van der Waals surface area contributed by atoms with E-state index in [2.05, 4.69) is 59.0 Å². The van der Waals surface area contributed by atoms with Crippen LogP contribution in [-0.4, -0.2) is 31.1 Å². The zero-order chi connectivity index (χ0) is 13.8. The van der Waals surface area contributed by atoms with Gasteiger partial charge in [-0.15, -0.1) is 11.3 Å². The molecule has 3 rings (SSSR count). The van der Waals surface area contributed by atoms with Gasteiger partial charge in [0.1, 0.15) is 0 Å². The van der Waals surface area contributed by atoms with E-state index in [1.807, 2.05) is 11.3 Å². The summed E-state index contributed by atoms with van der Waals surface area (Å²) in [7, 11) is 2.23. The maximum atomic E-state index is 3.55. The highest BCUT2D eigenvalue weighted by molar-refractivity contribution is 7.10. The monoisotopic (exact) mass is 286 g/mol. The van der Waals surface area contributed by atoms with Crippen molar-refractivity contribution in [1.82, 2.24) is 10.2 Å². The van der Waals surface area contributed by atoms with Crippen molar-refractivity contribution in [2.24, 2.45) is 0 Å². The Morgan fingerprint density at radius 2 is 2.00 bits per heavy atom. The van der Waals surface area contributed by atoms with Gasteiger partial charge in [-0.2, -0.15) is 0 Å². The van der Waals surface area contributed by atoms with E-state index in [1.54, 1.807) is 0 Å². The van der Waals surface area contributed by atoms with E-state index < -0.39 is 0 Å². The highest BCUT2D eigenvalue weighted by Gasteiger charge is 2.25. The molecule has 1 saturated carbocycles. The second kappa shape index (κ2) is 6.53. The summed E-state index contributed by atoms with van der Waals surface area (Å²) < 4.78 is 0. The Labute approximate surface area is 125 Å². The minimum Gasteiger partial charge on any atom is -0.311 e. The van der Waals surface area contributed by atoms with Gasteiger partial charge in [0.15, 0.2) is 0 Å². The van der Waals surface area contributed by atoms with Crippen molar-refractivity contribution in [3.05, 3.63) is 46.7 Å². The van der Waals surface area contributed by atoms with Crippen LogP contribution >= 0.6 is 11.3 Å². The Hall–Kier alpha value is -1.16. The summed E-state index contributed by atoms with van der Waals surface area (Å²) in [5, 5.41) is 5.80. The number of rotatable bonds is 7. The fourth-order valence-corrected chi connectivity index (χ4v) is 3.28. The molecule has 0 atom stereocenters. The molecule has 0 bridgehead atoms. The van der Waals surface area contributed by atoms with Gasteiger partial charge in [0, 0.05) is 30.6 Å². The molecule has 106 valence electrons. The van der Waals surface area contributed by atoms with E-state index in [-0.39, 0.29) is 0 Å². The van der Waals surface area contributed by atoms with Crippen LogP contribution in [0.3, 0.4) is 0 Å². The van der Waals surface area contributed by atoms with Crippen LogP contribution < -0.4 is 5.32 Å². The average molecular weight is 286 g/mol. The van der Waals surface area contributed by atoms with Crippen molar-refractivity contribution >= 4 is 11.3 Å². The predicted octanol–water partition coefficient (Wildman–Crippen LogP) is 3.60. The first kappa shape index (κ1) is 13.8. The lowest BCUT2D eigenvalue weighted by Gasteiger charge is -2.15. The molecule has 20 heavy (non-hydrogen) atoms. The molecule has 2 nitrogen and oxygen atoms in total. The van der Waals surface area contributed by atoms with E-state index >= 15 is 0 Å². The second-order valence-corrected chi connectivity index (χ2v) is 6.55. The molecule has 1 aromatic carbocycles. The van der Waals surface area contributed by atoms with Crippen molar-refractivity contribution in [3.8, 4) is 11.1 Å². The van der Waals surface area contributed by atoms with Crippen LogP contribution in [0.15, 0.2) is 41.8 Å². The zero-order valence-electron chi connectivity index (χ0n) is 12.0. The Balaban J connectivity index is 1.45. The Kier molecular flexibility index (Phi) is 4.51. The van der Waals surface area contributed by atoms with Crippen molar-refractivity contribution in [3.63, 3.8) is 0 Å². The summed E-state index contributed by atoms with van der Waals surface area (Å²) in [4.78, 5) is 3.88. The van der Waals surface area contributed by atoms with Crippen LogP contribution in [-0.2, 0) is 6.54 Å². The summed E-state index contributed by atoms with van der Waals surface area (Å²) in [5.74, 6) is 0. The minimum absolute atomic E-state index is 0.864. The van der Waals surface area contributed by atoms with E-state index in [4.69, 9.17) is 0 Å². The summed E-state index contributed by atoms with van der Waals surface area (Å²) >= 11 is 1.85. The Bertz CT molecular complexity index is 531. The SMILES string of the molecule is CN(CCNCc1cc(-c2ccccc2)cs1)C1CC1. The molecule has 0 radical (unpaired) electrons. The smallest absolute Gasteiger partial charge is 0.0300 e. The molecule has 0 saturated heterocycles. The number of likely N-dealkylation sites (N-methyl/N-ethyl adjacent to an activating group) is 1. The topological polar surface area (TPSA) is 15.3 Å². The molecular formula is C17H22N2S. The maximum Gasteiger partial charge on any atom is 0.0300 e. The van der Waals surface area contributed by atoms with Crippen molar-refractivity contribution in [1.29, 1.82) is 0 Å². The van der Waals surface area contributed by atoms with Crippen LogP contribution in [0.5, 0.6) is 0 Å². The highest BCUT2D eigenvalue weighted by atomic mass is 32.1. The van der Waals surface area contributed by atoms with E-state index in [9.17, 15) is 0 Å². The molecule has 0 unspecified atom stereocenters. The minimum atomic E-state index is 0.864. The molecule has 1 heterocycles. The van der Waals surface area contributed by atoms with Crippen LogP contribution in [0.1, 0.15) is 17.7 Å².